The van der Waals surface area contributed by atoms with Crippen LogP contribution in [0.4, 0.5) is 0 Å². The van der Waals surface area contributed by atoms with Gasteiger partial charge in [-0.2, -0.15) is 0 Å². The average Bonchev–Trinajstić information content (AvgIpc) is 2.73. The van der Waals surface area contributed by atoms with Gasteiger partial charge in [0.1, 0.15) is 0 Å². The Morgan fingerprint density at radius 1 is 1.00 bits per heavy atom. The maximum atomic E-state index is 12.9. The Kier molecular flexibility index (Phi) is 4.67. The first-order valence-corrected chi connectivity index (χ1v) is 9.04. The van der Waals surface area contributed by atoms with Crippen molar-refractivity contribution in [1.29, 1.82) is 0 Å². The number of hydrogen-bond acceptors (Lipinski definition) is 3. The molecule has 0 unspecified atom stereocenters. The van der Waals surface area contributed by atoms with Crippen molar-refractivity contribution in [2.45, 2.75) is 18.3 Å². The molecule has 26 heavy (non-hydrogen) atoms. The number of carbonyl (C=O) groups is 1. The van der Waals surface area contributed by atoms with Crippen molar-refractivity contribution in [3.63, 3.8) is 0 Å². The molecule has 4 heteroatoms. The number of ether oxygens (including phenoxy) is 1. The maximum absolute atomic E-state index is 12.9. The van der Waals surface area contributed by atoms with Gasteiger partial charge in [-0.25, -0.2) is 0 Å². The minimum atomic E-state index is -0.0714. The van der Waals surface area contributed by atoms with E-state index < -0.39 is 0 Å². The fourth-order valence-electron chi connectivity index (χ4n) is 3.77. The molecule has 0 saturated carbocycles. The van der Waals surface area contributed by atoms with E-state index in [0.29, 0.717) is 12.1 Å². The van der Waals surface area contributed by atoms with Crippen LogP contribution in [0.5, 0.6) is 0 Å². The summed E-state index contributed by atoms with van der Waals surface area (Å²) in [5, 5.41) is 4.06. The molecule has 4 nitrogen and oxygen atoms in total. The van der Waals surface area contributed by atoms with Crippen molar-refractivity contribution in [1.82, 2.24) is 10.3 Å². The van der Waals surface area contributed by atoms with Gasteiger partial charge in [-0.15, -0.1) is 0 Å². The highest BCUT2D eigenvalue weighted by atomic mass is 16.5. The first kappa shape index (κ1) is 16.7. The third kappa shape index (κ3) is 3.20. The molecule has 4 rings (SSSR count). The fraction of sp³-hybridized carbons (Fsp3) is 0.273. The number of benzene rings is 2. The van der Waals surface area contributed by atoms with Crippen LogP contribution < -0.4 is 5.32 Å². The van der Waals surface area contributed by atoms with E-state index in [4.69, 9.17) is 4.74 Å². The Morgan fingerprint density at radius 3 is 2.62 bits per heavy atom. The summed E-state index contributed by atoms with van der Waals surface area (Å²) in [5.41, 5.74) is 2.70. The number of nitrogens with one attached hydrogen (secondary N) is 1. The first-order valence-electron chi connectivity index (χ1n) is 9.04. The lowest BCUT2D eigenvalue weighted by atomic mass is 9.74. The van der Waals surface area contributed by atoms with E-state index in [-0.39, 0.29) is 11.3 Å². The lowest BCUT2D eigenvalue weighted by Crippen LogP contribution is -2.44. The number of carbonyl (C=O) groups excluding carboxylic acids is 1. The van der Waals surface area contributed by atoms with Gasteiger partial charge in [0.25, 0.3) is 5.91 Å². The normalized spacial score (nSPS) is 16.3. The van der Waals surface area contributed by atoms with E-state index in [1.165, 1.54) is 5.56 Å². The molecule has 1 amide bonds. The van der Waals surface area contributed by atoms with Crippen LogP contribution in [0, 0.1) is 0 Å². The first-order chi connectivity index (χ1) is 12.8. The largest absolute Gasteiger partial charge is 0.381 e. The summed E-state index contributed by atoms with van der Waals surface area (Å²) in [6.07, 6.45) is 3.57. The van der Waals surface area contributed by atoms with Gasteiger partial charge < -0.3 is 10.1 Å². The molecule has 1 saturated heterocycles. The molecule has 0 bridgehead atoms. The third-order valence-electron chi connectivity index (χ3n) is 5.31. The molecule has 1 aliphatic rings. The zero-order valence-electron chi connectivity index (χ0n) is 14.7. The van der Waals surface area contributed by atoms with Crippen molar-refractivity contribution in [2.24, 2.45) is 0 Å². The zero-order valence-corrected chi connectivity index (χ0v) is 14.7. The van der Waals surface area contributed by atoms with Gasteiger partial charge in [0, 0.05) is 42.3 Å². The van der Waals surface area contributed by atoms with Crippen LogP contribution in [0.1, 0.15) is 28.8 Å². The second-order valence-corrected chi connectivity index (χ2v) is 6.82. The summed E-state index contributed by atoms with van der Waals surface area (Å²) in [6, 6.07) is 19.9. The number of pyridine rings is 1. The van der Waals surface area contributed by atoms with Gasteiger partial charge in [0.05, 0.1) is 5.52 Å². The SMILES string of the molecule is O=C(NCC1(c2ccccc2)CCOCC1)c1cccc2ncccc12. The van der Waals surface area contributed by atoms with E-state index >= 15 is 0 Å². The van der Waals surface area contributed by atoms with Crippen LogP contribution in [0.15, 0.2) is 66.9 Å². The van der Waals surface area contributed by atoms with Gasteiger partial charge in [-0.3, -0.25) is 9.78 Å². The molecule has 132 valence electrons. The topological polar surface area (TPSA) is 51.2 Å². The Balaban J connectivity index is 1.59. The van der Waals surface area contributed by atoms with Gasteiger partial charge in [-0.1, -0.05) is 42.5 Å². The molecular weight excluding hydrogens is 324 g/mol. The van der Waals surface area contributed by atoms with Gasteiger partial charge in [0.15, 0.2) is 0 Å². The van der Waals surface area contributed by atoms with Crippen LogP contribution in [0.2, 0.25) is 0 Å². The predicted octanol–water partition coefficient (Wildman–Crippen LogP) is 3.71. The zero-order chi connectivity index (χ0) is 17.8. The van der Waals surface area contributed by atoms with Gasteiger partial charge >= 0.3 is 0 Å². The predicted molar refractivity (Wildman–Crippen MR) is 102 cm³/mol. The van der Waals surface area contributed by atoms with Crippen LogP contribution >= 0.6 is 0 Å². The molecular formula is C22H22N2O2. The van der Waals surface area contributed by atoms with Crippen LogP contribution in [0.3, 0.4) is 0 Å². The summed E-state index contributed by atoms with van der Waals surface area (Å²) in [4.78, 5) is 17.2. The summed E-state index contributed by atoms with van der Waals surface area (Å²) < 4.78 is 5.57. The molecule has 1 aromatic heterocycles. The van der Waals surface area contributed by atoms with E-state index in [2.05, 4.69) is 34.6 Å². The Bertz CT molecular complexity index is 897. The molecule has 1 N–H and O–H groups in total. The van der Waals surface area contributed by atoms with Gasteiger partial charge in [0.2, 0.25) is 0 Å². The summed E-state index contributed by atoms with van der Waals surface area (Å²) in [6.45, 7) is 2.06. The number of amides is 1. The third-order valence-corrected chi connectivity index (χ3v) is 5.31. The second-order valence-electron chi connectivity index (χ2n) is 6.82. The highest BCUT2D eigenvalue weighted by molar-refractivity contribution is 6.06. The number of fused-ring (bicyclic) bond motifs is 1. The lowest BCUT2D eigenvalue weighted by Gasteiger charge is -2.38. The molecule has 1 aliphatic heterocycles. The van der Waals surface area contributed by atoms with Crippen molar-refractivity contribution in [2.75, 3.05) is 19.8 Å². The van der Waals surface area contributed by atoms with Crippen molar-refractivity contribution in [3.05, 3.63) is 78.0 Å². The second kappa shape index (κ2) is 7.26. The molecule has 0 spiro atoms. The minimum Gasteiger partial charge on any atom is -0.381 e. The maximum Gasteiger partial charge on any atom is 0.251 e. The highest BCUT2D eigenvalue weighted by Gasteiger charge is 2.34. The van der Waals surface area contributed by atoms with Crippen molar-refractivity contribution >= 4 is 16.8 Å². The molecule has 0 aliphatic carbocycles. The molecule has 2 heterocycles. The van der Waals surface area contributed by atoms with Crippen LogP contribution in [0.25, 0.3) is 10.9 Å². The van der Waals surface area contributed by atoms with Crippen molar-refractivity contribution in [3.8, 4) is 0 Å². The van der Waals surface area contributed by atoms with Crippen LogP contribution in [-0.4, -0.2) is 30.6 Å². The number of hydrogen-bond donors (Lipinski definition) is 1. The standard InChI is InChI=1S/C22H22N2O2/c25-21(19-8-4-10-20-18(19)9-5-13-23-20)24-16-22(11-14-26-15-12-22)17-6-2-1-3-7-17/h1-10,13H,11-12,14-16H2,(H,24,25). The van der Waals surface area contributed by atoms with Crippen LogP contribution in [-0.2, 0) is 10.2 Å². The molecule has 1 fully saturated rings. The van der Waals surface area contributed by atoms with E-state index in [1.807, 2.05) is 36.4 Å². The highest BCUT2D eigenvalue weighted by Crippen LogP contribution is 2.34. The number of nitrogens with zero attached hydrogens (tertiary/aromatic N) is 1. The quantitative estimate of drug-likeness (QED) is 0.783. The fourth-order valence-corrected chi connectivity index (χ4v) is 3.77. The van der Waals surface area contributed by atoms with E-state index in [9.17, 15) is 4.79 Å². The van der Waals surface area contributed by atoms with Gasteiger partial charge in [-0.05, 0) is 36.6 Å². The van der Waals surface area contributed by atoms with Crippen molar-refractivity contribution < 1.29 is 9.53 Å². The molecule has 0 radical (unpaired) electrons. The molecule has 3 aromatic rings. The summed E-state index contributed by atoms with van der Waals surface area (Å²) >= 11 is 0. The average molecular weight is 346 g/mol. The Labute approximate surface area is 153 Å². The monoisotopic (exact) mass is 346 g/mol. The molecule has 0 atom stereocenters. The Hall–Kier alpha value is -2.72. The van der Waals surface area contributed by atoms with E-state index in [0.717, 1.165) is 37.0 Å². The summed E-state index contributed by atoms with van der Waals surface area (Å²) in [5.74, 6) is -0.0506. The smallest absolute Gasteiger partial charge is 0.251 e. The summed E-state index contributed by atoms with van der Waals surface area (Å²) in [7, 11) is 0. The Morgan fingerprint density at radius 2 is 1.81 bits per heavy atom. The number of rotatable bonds is 4. The number of aromatic nitrogens is 1. The lowest BCUT2D eigenvalue weighted by molar-refractivity contribution is 0.0487. The van der Waals surface area contributed by atoms with E-state index in [1.54, 1.807) is 6.20 Å². The minimum absolute atomic E-state index is 0.0506. The molecule has 2 aromatic carbocycles.